The van der Waals surface area contributed by atoms with E-state index in [1.54, 1.807) is 7.11 Å². The molecule has 1 aliphatic heterocycles. The number of anilines is 1. The maximum atomic E-state index is 12.4. The summed E-state index contributed by atoms with van der Waals surface area (Å²) in [5.41, 5.74) is 1.55. The number of methoxy groups -OCH3 is 1. The Morgan fingerprint density at radius 2 is 2.25 bits per heavy atom. The highest BCUT2D eigenvalue weighted by Crippen LogP contribution is 2.53. The van der Waals surface area contributed by atoms with E-state index in [9.17, 15) is 4.79 Å². The lowest BCUT2D eigenvalue weighted by molar-refractivity contribution is 0.0175. The van der Waals surface area contributed by atoms with Crippen LogP contribution in [0.3, 0.4) is 0 Å². The zero-order valence-electron chi connectivity index (χ0n) is 11.8. The number of ether oxygens (including phenoxy) is 1. The topological polar surface area (TPSA) is 41.6 Å². The summed E-state index contributed by atoms with van der Waals surface area (Å²) in [6, 6.07) is 5.62. The largest absolute Gasteiger partial charge is 0.382 e. The average molecular weight is 295 g/mol. The summed E-state index contributed by atoms with van der Waals surface area (Å²) in [4.78, 5) is 14.3. The fourth-order valence-corrected chi connectivity index (χ4v) is 3.59. The molecule has 1 atom stereocenters. The average Bonchev–Trinajstić information content (AvgIpc) is 3.24. The SMILES string of the molecule is CCN1C(=O)Nc2ccc(Cl)cc2C1(COC)C1CC1. The molecule has 20 heavy (non-hydrogen) atoms. The summed E-state index contributed by atoms with van der Waals surface area (Å²) in [6.45, 7) is 3.16. The lowest BCUT2D eigenvalue weighted by atomic mass is 9.81. The Hall–Kier alpha value is -1.26. The van der Waals surface area contributed by atoms with E-state index < -0.39 is 0 Å². The Labute approximate surface area is 124 Å². The molecule has 2 amide bonds. The van der Waals surface area contributed by atoms with Crippen LogP contribution in [0.15, 0.2) is 18.2 Å². The quantitative estimate of drug-likeness (QED) is 0.924. The minimum atomic E-state index is -0.383. The zero-order valence-corrected chi connectivity index (χ0v) is 12.5. The van der Waals surface area contributed by atoms with E-state index >= 15 is 0 Å². The molecule has 1 aliphatic carbocycles. The molecule has 1 aromatic carbocycles. The van der Waals surface area contributed by atoms with Crippen molar-refractivity contribution < 1.29 is 9.53 Å². The number of likely N-dealkylation sites (N-methyl/N-ethyl adjacent to an activating group) is 1. The second-order valence-corrected chi connectivity index (χ2v) is 5.93. The van der Waals surface area contributed by atoms with Crippen molar-refractivity contribution in [1.29, 1.82) is 0 Å². The van der Waals surface area contributed by atoms with Crippen LogP contribution in [0.4, 0.5) is 10.5 Å². The Balaban J connectivity index is 2.20. The van der Waals surface area contributed by atoms with Crippen LogP contribution in [0.2, 0.25) is 5.02 Å². The predicted octanol–water partition coefficient (Wildman–Crippen LogP) is 3.46. The fourth-order valence-electron chi connectivity index (χ4n) is 3.41. The van der Waals surface area contributed by atoms with E-state index in [-0.39, 0.29) is 11.6 Å². The monoisotopic (exact) mass is 294 g/mol. The molecule has 1 saturated carbocycles. The first-order valence-corrected chi connectivity index (χ1v) is 7.39. The smallest absolute Gasteiger partial charge is 0.322 e. The van der Waals surface area contributed by atoms with Gasteiger partial charge in [-0.25, -0.2) is 4.79 Å². The zero-order chi connectivity index (χ0) is 14.3. The third kappa shape index (κ3) is 1.90. The third-order valence-corrected chi connectivity index (χ3v) is 4.58. The molecular weight excluding hydrogens is 276 g/mol. The first-order chi connectivity index (χ1) is 9.63. The van der Waals surface area contributed by atoms with Gasteiger partial charge in [0, 0.05) is 29.9 Å². The summed E-state index contributed by atoms with van der Waals surface area (Å²) < 4.78 is 5.50. The first-order valence-electron chi connectivity index (χ1n) is 7.01. The summed E-state index contributed by atoms with van der Waals surface area (Å²) >= 11 is 6.18. The van der Waals surface area contributed by atoms with Crippen LogP contribution >= 0.6 is 11.6 Å². The Kier molecular flexibility index (Phi) is 3.38. The van der Waals surface area contributed by atoms with Crippen LogP contribution in [0.25, 0.3) is 0 Å². The van der Waals surface area contributed by atoms with E-state index in [4.69, 9.17) is 16.3 Å². The molecule has 108 valence electrons. The molecule has 0 bridgehead atoms. The van der Waals surface area contributed by atoms with Crippen molar-refractivity contribution in [2.24, 2.45) is 5.92 Å². The van der Waals surface area contributed by atoms with Gasteiger partial charge in [0.1, 0.15) is 0 Å². The van der Waals surface area contributed by atoms with Gasteiger partial charge in [0.05, 0.1) is 12.1 Å². The Morgan fingerprint density at radius 1 is 1.50 bits per heavy atom. The highest BCUT2D eigenvalue weighted by atomic mass is 35.5. The van der Waals surface area contributed by atoms with Crippen molar-refractivity contribution in [3.8, 4) is 0 Å². The third-order valence-electron chi connectivity index (χ3n) is 4.35. The van der Waals surface area contributed by atoms with Gasteiger partial charge in [-0.05, 0) is 43.9 Å². The fraction of sp³-hybridized carbons (Fsp3) is 0.533. The van der Waals surface area contributed by atoms with E-state index in [1.165, 1.54) is 0 Å². The summed E-state index contributed by atoms with van der Waals surface area (Å²) in [5, 5.41) is 3.65. The number of amides is 2. The van der Waals surface area contributed by atoms with Crippen LogP contribution in [-0.4, -0.2) is 31.2 Å². The van der Waals surface area contributed by atoms with E-state index in [1.807, 2.05) is 30.0 Å². The number of rotatable bonds is 4. The van der Waals surface area contributed by atoms with Gasteiger partial charge in [0.2, 0.25) is 0 Å². The molecule has 0 saturated heterocycles. The molecule has 1 fully saturated rings. The van der Waals surface area contributed by atoms with E-state index in [2.05, 4.69) is 5.32 Å². The van der Waals surface area contributed by atoms with Crippen molar-refractivity contribution in [2.45, 2.75) is 25.3 Å². The van der Waals surface area contributed by atoms with Crippen molar-refractivity contribution in [3.63, 3.8) is 0 Å². The van der Waals surface area contributed by atoms with Crippen molar-refractivity contribution in [2.75, 3.05) is 25.6 Å². The van der Waals surface area contributed by atoms with Crippen LogP contribution in [0.1, 0.15) is 25.3 Å². The summed E-state index contributed by atoms with van der Waals surface area (Å²) in [7, 11) is 1.69. The standard InChI is InChI=1S/C15H19ClN2O2/c1-3-18-14(19)17-13-7-6-11(16)8-12(13)15(18,9-20-2)10-4-5-10/h6-8,10H,3-5,9H2,1-2H3,(H,17,19). The van der Waals surface area contributed by atoms with Crippen molar-refractivity contribution in [1.82, 2.24) is 4.90 Å². The molecule has 4 nitrogen and oxygen atoms in total. The number of nitrogens with one attached hydrogen (secondary N) is 1. The molecule has 3 rings (SSSR count). The minimum absolute atomic E-state index is 0.0497. The molecule has 0 aromatic heterocycles. The molecule has 0 radical (unpaired) electrons. The molecule has 1 N–H and O–H groups in total. The van der Waals surface area contributed by atoms with Crippen LogP contribution < -0.4 is 5.32 Å². The van der Waals surface area contributed by atoms with Gasteiger partial charge in [0.25, 0.3) is 0 Å². The molecule has 1 heterocycles. The Bertz CT molecular complexity index is 545. The van der Waals surface area contributed by atoms with Gasteiger partial charge >= 0.3 is 6.03 Å². The number of hydrogen-bond donors (Lipinski definition) is 1. The number of carbonyl (C=O) groups is 1. The van der Waals surface area contributed by atoms with Crippen LogP contribution in [0.5, 0.6) is 0 Å². The van der Waals surface area contributed by atoms with E-state index in [0.29, 0.717) is 24.1 Å². The number of carbonyl (C=O) groups excluding carboxylic acids is 1. The van der Waals surface area contributed by atoms with Crippen LogP contribution in [0, 0.1) is 5.92 Å². The Morgan fingerprint density at radius 3 is 2.85 bits per heavy atom. The molecule has 1 aromatic rings. The maximum Gasteiger partial charge on any atom is 0.322 e. The second-order valence-electron chi connectivity index (χ2n) is 5.50. The van der Waals surface area contributed by atoms with E-state index in [0.717, 1.165) is 24.1 Å². The van der Waals surface area contributed by atoms with Crippen LogP contribution in [-0.2, 0) is 10.3 Å². The lowest BCUT2D eigenvalue weighted by Gasteiger charge is -2.48. The van der Waals surface area contributed by atoms with Crippen molar-refractivity contribution >= 4 is 23.3 Å². The molecule has 0 spiro atoms. The number of halogens is 1. The number of fused-ring (bicyclic) bond motifs is 1. The molecule has 5 heteroatoms. The number of nitrogens with zero attached hydrogens (tertiary/aromatic N) is 1. The second kappa shape index (κ2) is 4.93. The summed E-state index contributed by atoms with van der Waals surface area (Å²) in [5.74, 6) is 0.450. The number of urea groups is 1. The van der Waals surface area contributed by atoms with Gasteiger partial charge < -0.3 is 15.0 Å². The van der Waals surface area contributed by atoms with Gasteiger partial charge in [-0.2, -0.15) is 0 Å². The highest BCUT2D eigenvalue weighted by Gasteiger charge is 2.55. The normalized spacial score (nSPS) is 25.4. The minimum Gasteiger partial charge on any atom is -0.382 e. The van der Waals surface area contributed by atoms with Gasteiger partial charge in [-0.3, -0.25) is 0 Å². The van der Waals surface area contributed by atoms with Gasteiger partial charge in [-0.1, -0.05) is 11.6 Å². The summed E-state index contributed by atoms with van der Waals surface area (Å²) in [6.07, 6.45) is 2.25. The highest BCUT2D eigenvalue weighted by molar-refractivity contribution is 6.30. The molecule has 2 aliphatic rings. The number of benzene rings is 1. The van der Waals surface area contributed by atoms with Crippen molar-refractivity contribution in [3.05, 3.63) is 28.8 Å². The molecule has 1 unspecified atom stereocenters. The maximum absolute atomic E-state index is 12.4. The van der Waals surface area contributed by atoms with Gasteiger partial charge in [-0.15, -0.1) is 0 Å². The lowest BCUT2D eigenvalue weighted by Crippen LogP contribution is -2.58. The first kappa shape index (κ1) is 13.7. The van der Waals surface area contributed by atoms with Gasteiger partial charge in [0.15, 0.2) is 0 Å². The molecular formula is C15H19ClN2O2. The predicted molar refractivity (Wildman–Crippen MR) is 79.1 cm³/mol. The number of hydrogen-bond acceptors (Lipinski definition) is 2.